The minimum absolute atomic E-state index is 0.132. The van der Waals surface area contributed by atoms with Crippen LogP contribution in [0, 0.1) is 0 Å². The van der Waals surface area contributed by atoms with E-state index in [1.807, 2.05) is 49.4 Å². The van der Waals surface area contributed by atoms with E-state index >= 15 is 0 Å². The highest BCUT2D eigenvalue weighted by atomic mass is 35.5. The molecule has 2 rings (SSSR count). The molecule has 1 unspecified atom stereocenters. The van der Waals surface area contributed by atoms with Crippen LogP contribution >= 0.6 is 11.6 Å². The Kier molecular flexibility index (Phi) is 7.67. The molecule has 0 saturated carbocycles. The van der Waals surface area contributed by atoms with E-state index in [9.17, 15) is 9.59 Å². The zero-order valence-corrected chi connectivity index (χ0v) is 16.6. The molecule has 0 aliphatic carbocycles. The zero-order valence-electron chi connectivity index (χ0n) is 15.9. The van der Waals surface area contributed by atoms with Crippen molar-refractivity contribution >= 4 is 23.4 Å². The Morgan fingerprint density at radius 2 is 1.93 bits per heavy atom. The maximum Gasteiger partial charge on any atom is 0.242 e. The summed E-state index contributed by atoms with van der Waals surface area (Å²) in [4.78, 5) is 27.0. The van der Waals surface area contributed by atoms with E-state index in [4.69, 9.17) is 16.3 Å². The van der Waals surface area contributed by atoms with Crippen molar-refractivity contribution in [1.82, 2.24) is 10.2 Å². The number of rotatable bonds is 8. The summed E-state index contributed by atoms with van der Waals surface area (Å²) in [6.07, 6.45) is 0.132. The Morgan fingerprint density at radius 3 is 2.59 bits per heavy atom. The fourth-order valence-corrected chi connectivity index (χ4v) is 2.98. The highest BCUT2D eigenvalue weighted by molar-refractivity contribution is 6.31. The number of halogens is 1. The van der Waals surface area contributed by atoms with E-state index in [1.54, 1.807) is 25.0 Å². The second kappa shape index (κ2) is 9.97. The summed E-state index contributed by atoms with van der Waals surface area (Å²) in [5.41, 5.74) is 1.63. The molecular formula is C21H25ClN2O3. The van der Waals surface area contributed by atoms with Crippen molar-refractivity contribution in [2.45, 2.75) is 32.9 Å². The molecule has 0 heterocycles. The number of ether oxygens (including phenoxy) is 1. The van der Waals surface area contributed by atoms with Crippen LogP contribution < -0.4 is 10.1 Å². The minimum Gasteiger partial charge on any atom is -0.497 e. The van der Waals surface area contributed by atoms with Gasteiger partial charge in [-0.3, -0.25) is 9.59 Å². The first kappa shape index (κ1) is 20.8. The summed E-state index contributed by atoms with van der Waals surface area (Å²) < 4.78 is 5.25. The van der Waals surface area contributed by atoms with Gasteiger partial charge in [0.15, 0.2) is 0 Å². The van der Waals surface area contributed by atoms with Gasteiger partial charge in [0.05, 0.1) is 13.5 Å². The molecule has 0 spiro atoms. The van der Waals surface area contributed by atoms with E-state index in [0.717, 1.165) is 11.1 Å². The highest BCUT2D eigenvalue weighted by Gasteiger charge is 2.26. The van der Waals surface area contributed by atoms with E-state index in [0.29, 0.717) is 23.9 Å². The van der Waals surface area contributed by atoms with Crippen LogP contribution in [0.25, 0.3) is 0 Å². The smallest absolute Gasteiger partial charge is 0.242 e. The third-order valence-corrected chi connectivity index (χ3v) is 4.67. The Morgan fingerprint density at radius 1 is 1.19 bits per heavy atom. The number of carbonyl (C=O) groups is 2. The second-order valence-electron chi connectivity index (χ2n) is 6.21. The molecule has 0 aliphatic heterocycles. The molecular weight excluding hydrogens is 364 g/mol. The van der Waals surface area contributed by atoms with Crippen molar-refractivity contribution in [1.29, 1.82) is 0 Å². The molecule has 27 heavy (non-hydrogen) atoms. The first-order valence-corrected chi connectivity index (χ1v) is 9.27. The number of likely N-dealkylation sites (N-methyl/N-ethyl adjacent to an activating group) is 1. The maximum absolute atomic E-state index is 13.0. The number of nitrogens with one attached hydrogen (secondary N) is 1. The molecule has 0 fully saturated rings. The van der Waals surface area contributed by atoms with Crippen molar-refractivity contribution in [3.8, 4) is 5.75 Å². The lowest BCUT2D eigenvalue weighted by Gasteiger charge is -2.29. The van der Waals surface area contributed by atoms with Gasteiger partial charge in [-0.25, -0.2) is 0 Å². The second-order valence-corrected chi connectivity index (χ2v) is 6.62. The lowest BCUT2D eigenvalue weighted by Crippen LogP contribution is -2.48. The predicted octanol–water partition coefficient (Wildman–Crippen LogP) is 3.44. The SMILES string of the molecule is CCNC(=O)C(C)N(Cc1cccc(OC)c1)C(=O)Cc1ccccc1Cl. The average molecular weight is 389 g/mol. The topological polar surface area (TPSA) is 58.6 Å². The first-order chi connectivity index (χ1) is 13.0. The standard InChI is InChI=1S/C21H25ClN2O3/c1-4-23-21(26)15(2)24(14-16-8-7-10-18(12-16)27-3)20(25)13-17-9-5-6-11-19(17)22/h5-12,15H,4,13-14H2,1-3H3,(H,23,26). The number of benzene rings is 2. The van der Waals surface area contributed by atoms with Gasteiger partial charge >= 0.3 is 0 Å². The molecule has 0 bridgehead atoms. The summed E-state index contributed by atoms with van der Waals surface area (Å²) in [6.45, 7) is 4.39. The Labute approximate surface area is 165 Å². The van der Waals surface area contributed by atoms with Gasteiger partial charge in [-0.2, -0.15) is 0 Å². The third-order valence-electron chi connectivity index (χ3n) is 4.30. The van der Waals surface area contributed by atoms with Crippen molar-refractivity contribution in [2.24, 2.45) is 0 Å². The highest BCUT2D eigenvalue weighted by Crippen LogP contribution is 2.20. The molecule has 1 atom stereocenters. The van der Waals surface area contributed by atoms with Crippen molar-refractivity contribution in [2.75, 3.05) is 13.7 Å². The van der Waals surface area contributed by atoms with Crippen LogP contribution in [0.1, 0.15) is 25.0 Å². The van der Waals surface area contributed by atoms with Crippen LogP contribution in [0.15, 0.2) is 48.5 Å². The predicted molar refractivity (Wildman–Crippen MR) is 107 cm³/mol. The van der Waals surface area contributed by atoms with Crippen molar-refractivity contribution < 1.29 is 14.3 Å². The van der Waals surface area contributed by atoms with Crippen LogP contribution in [0.4, 0.5) is 0 Å². The van der Waals surface area contributed by atoms with Gasteiger partial charge in [0.25, 0.3) is 0 Å². The van der Waals surface area contributed by atoms with Gasteiger partial charge in [-0.15, -0.1) is 0 Å². The average Bonchev–Trinajstić information content (AvgIpc) is 2.67. The molecule has 0 aliphatic rings. The summed E-state index contributed by atoms with van der Waals surface area (Å²) in [5, 5.41) is 3.32. The van der Waals surface area contributed by atoms with Crippen molar-refractivity contribution in [3.05, 3.63) is 64.7 Å². The van der Waals surface area contributed by atoms with Gasteiger partial charge in [0, 0.05) is 18.1 Å². The normalized spacial score (nSPS) is 11.6. The number of hydrogen-bond donors (Lipinski definition) is 1. The van der Waals surface area contributed by atoms with Gasteiger partial charge in [-0.05, 0) is 43.2 Å². The van der Waals surface area contributed by atoms with E-state index in [-0.39, 0.29) is 18.2 Å². The van der Waals surface area contributed by atoms with E-state index < -0.39 is 6.04 Å². The monoisotopic (exact) mass is 388 g/mol. The van der Waals surface area contributed by atoms with Crippen molar-refractivity contribution in [3.63, 3.8) is 0 Å². The molecule has 5 nitrogen and oxygen atoms in total. The summed E-state index contributed by atoms with van der Waals surface area (Å²) in [7, 11) is 1.59. The van der Waals surface area contributed by atoms with Crippen LogP contribution in [0.2, 0.25) is 5.02 Å². The number of carbonyl (C=O) groups excluding carboxylic acids is 2. The van der Waals surface area contributed by atoms with Gasteiger partial charge in [0.1, 0.15) is 11.8 Å². The Bertz CT molecular complexity index is 795. The quantitative estimate of drug-likeness (QED) is 0.753. The van der Waals surface area contributed by atoms with E-state index in [2.05, 4.69) is 5.32 Å². The molecule has 6 heteroatoms. The third kappa shape index (κ3) is 5.73. The Balaban J connectivity index is 2.26. The first-order valence-electron chi connectivity index (χ1n) is 8.89. The van der Waals surface area contributed by atoms with Gasteiger partial charge in [0.2, 0.25) is 11.8 Å². The Hall–Kier alpha value is -2.53. The summed E-state index contributed by atoms with van der Waals surface area (Å²) in [5.74, 6) is 0.356. The number of amides is 2. The van der Waals surface area contributed by atoms with Gasteiger partial charge in [-0.1, -0.05) is 41.9 Å². The molecule has 2 amide bonds. The molecule has 0 aromatic heterocycles. The maximum atomic E-state index is 13.0. The largest absolute Gasteiger partial charge is 0.497 e. The molecule has 0 saturated heterocycles. The molecule has 2 aromatic rings. The fraction of sp³-hybridized carbons (Fsp3) is 0.333. The van der Waals surface area contributed by atoms with Crippen LogP contribution in [0.3, 0.4) is 0 Å². The number of hydrogen-bond acceptors (Lipinski definition) is 3. The zero-order chi connectivity index (χ0) is 19.8. The summed E-state index contributed by atoms with van der Waals surface area (Å²) >= 11 is 6.20. The molecule has 1 N–H and O–H groups in total. The summed E-state index contributed by atoms with van der Waals surface area (Å²) in [6, 6.07) is 14.1. The van der Waals surface area contributed by atoms with Crippen LogP contribution in [-0.4, -0.2) is 36.4 Å². The minimum atomic E-state index is -0.605. The number of methoxy groups -OCH3 is 1. The molecule has 0 radical (unpaired) electrons. The lowest BCUT2D eigenvalue weighted by atomic mass is 10.1. The molecule has 2 aromatic carbocycles. The van der Waals surface area contributed by atoms with Crippen LogP contribution in [-0.2, 0) is 22.6 Å². The molecule has 144 valence electrons. The fourth-order valence-electron chi connectivity index (χ4n) is 2.78. The lowest BCUT2D eigenvalue weighted by molar-refractivity contribution is -0.140. The van der Waals surface area contributed by atoms with Crippen LogP contribution in [0.5, 0.6) is 5.75 Å². The van der Waals surface area contributed by atoms with Gasteiger partial charge < -0.3 is 15.0 Å². The number of nitrogens with zero attached hydrogens (tertiary/aromatic N) is 1. The van der Waals surface area contributed by atoms with E-state index in [1.165, 1.54) is 0 Å².